The number of hydrogen-bond acceptors (Lipinski definition) is 4. The van der Waals surface area contributed by atoms with Crippen molar-refractivity contribution in [1.29, 1.82) is 0 Å². The molecule has 0 aromatic carbocycles. The topological polar surface area (TPSA) is 104 Å². The van der Waals surface area contributed by atoms with Gasteiger partial charge in [0.2, 0.25) is 0 Å². The van der Waals surface area contributed by atoms with E-state index in [0.29, 0.717) is 0 Å². The van der Waals surface area contributed by atoms with Crippen LogP contribution in [0.3, 0.4) is 0 Å². The van der Waals surface area contributed by atoms with E-state index in [9.17, 15) is 4.79 Å². The molecule has 0 aromatic heterocycles. The third kappa shape index (κ3) is 15.7. The minimum atomic E-state index is -0.963. The molecule has 5 heteroatoms. The first-order valence-electron chi connectivity index (χ1n) is 2.76. The van der Waals surface area contributed by atoms with Crippen LogP contribution in [0.1, 0.15) is 6.92 Å². The maximum absolute atomic E-state index is 9.57. The van der Waals surface area contributed by atoms with Gasteiger partial charge in [-0.2, -0.15) is 0 Å². The second-order valence-corrected chi connectivity index (χ2v) is 1.57. The van der Waals surface area contributed by atoms with Crippen molar-refractivity contribution in [3.8, 4) is 0 Å². The molecule has 0 saturated carbocycles. The zero-order valence-corrected chi connectivity index (χ0v) is 5.82. The van der Waals surface area contributed by atoms with E-state index in [2.05, 4.69) is 0 Å². The lowest BCUT2D eigenvalue weighted by atomic mass is 10.4. The molecule has 5 N–H and O–H groups in total. The minimum absolute atomic E-state index is 0.125. The van der Waals surface area contributed by atoms with Crippen molar-refractivity contribution in [3.63, 3.8) is 0 Å². The molecule has 0 amide bonds. The van der Waals surface area contributed by atoms with E-state index >= 15 is 0 Å². The Labute approximate surface area is 59.1 Å². The van der Waals surface area contributed by atoms with Crippen molar-refractivity contribution in [2.45, 2.75) is 13.0 Å². The van der Waals surface area contributed by atoms with Crippen LogP contribution in [0.4, 0.5) is 0 Å². The number of nitrogens with two attached hydrogens (primary N) is 1. The highest BCUT2D eigenvalue weighted by molar-refractivity contribution is 5.72. The van der Waals surface area contributed by atoms with Gasteiger partial charge in [0.15, 0.2) is 0 Å². The van der Waals surface area contributed by atoms with Crippen molar-refractivity contribution in [3.05, 3.63) is 0 Å². The first kappa shape index (κ1) is 12.1. The lowest BCUT2D eigenvalue weighted by molar-refractivity contribution is -0.138. The van der Waals surface area contributed by atoms with Gasteiger partial charge in [-0.05, 0) is 6.92 Å². The standard InChI is InChI=1S/C3H7NO2.C2H6O2/c1-2(4)3(5)6;3-1-2-4/h2H,4H2,1H3,(H,5,6);3-4H,1-2H2. The zero-order valence-electron chi connectivity index (χ0n) is 5.82. The summed E-state index contributed by atoms with van der Waals surface area (Å²) in [5.74, 6) is -0.963. The summed E-state index contributed by atoms with van der Waals surface area (Å²) in [7, 11) is 0. The molecule has 0 aromatic rings. The maximum atomic E-state index is 9.57. The van der Waals surface area contributed by atoms with Gasteiger partial charge in [-0.1, -0.05) is 0 Å². The van der Waals surface area contributed by atoms with Crippen molar-refractivity contribution < 1.29 is 20.1 Å². The van der Waals surface area contributed by atoms with Crippen molar-refractivity contribution in [1.82, 2.24) is 0 Å². The third-order valence-corrected chi connectivity index (χ3v) is 0.490. The highest BCUT2D eigenvalue weighted by Crippen LogP contribution is 1.68. The molecular formula is C5H13NO4. The molecule has 0 fully saturated rings. The summed E-state index contributed by atoms with van der Waals surface area (Å²) in [5, 5.41) is 23.1. The molecule has 0 aliphatic rings. The first-order chi connectivity index (χ1) is 4.56. The van der Waals surface area contributed by atoms with E-state index in [1.54, 1.807) is 0 Å². The largest absolute Gasteiger partial charge is 0.480 e. The normalized spacial score (nSPS) is 11.2. The third-order valence-electron chi connectivity index (χ3n) is 0.490. The van der Waals surface area contributed by atoms with Gasteiger partial charge < -0.3 is 21.1 Å². The molecule has 62 valence electrons. The summed E-state index contributed by atoms with van der Waals surface area (Å²) in [6.07, 6.45) is 0. The molecule has 1 atom stereocenters. The summed E-state index contributed by atoms with van der Waals surface area (Å²) in [6, 6.07) is -0.731. The van der Waals surface area contributed by atoms with Gasteiger partial charge in [0.1, 0.15) is 6.04 Å². The number of rotatable bonds is 2. The first-order valence-corrected chi connectivity index (χ1v) is 2.76. The molecule has 10 heavy (non-hydrogen) atoms. The zero-order chi connectivity index (χ0) is 8.57. The number of aliphatic hydroxyl groups excluding tert-OH is 2. The molecule has 0 saturated heterocycles. The quantitative estimate of drug-likeness (QED) is 0.380. The van der Waals surface area contributed by atoms with Gasteiger partial charge in [0.25, 0.3) is 0 Å². The Morgan fingerprint density at radius 2 is 1.70 bits per heavy atom. The molecule has 0 radical (unpaired) electrons. The molecule has 0 aliphatic carbocycles. The lowest BCUT2D eigenvalue weighted by Crippen LogP contribution is -2.25. The number of carboxylic acid groups (broad SMARTS) is 1. The summed E-state index contributed by atoms with van der Waals surface area (Å²) in [4.78, 5) is 9.57. The van der Waals surface area contributed by atoms with E-state index in [1.807, 2.05) is 0 Å². The molecular weight excluding hydrogens is 138 g/mol. The minimum Gasteiger partial charge on any atom is -0.480 e. The van der Waals surface area contributed by atoms with Gasteiger partial charge in [0.05, 0.1) is 13.2 Å². The molecule has 0 bridgehead atoms. The molecule has 0 spiro atoms. The number of carbonyl (C=O) groups is 1. The Morgan fingerprint density at radius 1 is 1.50 bits per heavy atom. The average molecular weight is 151 g/mol. The number of aliphatic carboxylic acids is 1. The molecule has 1 unspecified atom stereocenters. The highest BCUT2D eigenvalue weighted by Gasteiger charge is 1.99. The summed E-state index contributed by atoms with van der Waals surface area (Å²) < 4.78 is 0. The fourth-order valence-corrected chi connectivity index (χ4v) is 0. The van der Waals surface area contributed by atoms with Gasteiger partial charge in [0, 0.05) is 0 Å². The smallest absolute Gasteiger partial charge is 0.320 e. The lowest BCUT2D eigenvalue weighted by Gasteiger charge is -1.90. The molecule has 0 aliphatic heterocycles. The predicted molar refractivity (Wildman–Crippen MR) is 35.5 cm³/mol. The van der Waals surface area contributed by atoms with Crippen LogP contribution in [0, 0.1) is 0 Å². The predicted octanol–water partition coefficient (Wildman–Crippen LogP) is -1.61. The van der Waals surface area contributed by atoms with Gasteiger partial charge in [-0.15, -0.1) is 0 Å². The molecule has 0 rings (SSSR count). The number of hydrogen-bond donors (Lipinski definition) is 4. The molecule has 5 nitrogen and oxygen atoms in total. The number of carboxylic acids is 1. The Morgan fingerprint density at radius 3 is 1.70 bits per heavy atom. The van der Waals surface area contributed by atoms with Gasteiger partial charge in [-0.3, -0.25) is 4.79 Å². The Balaban J connectivity index is 0. The Hall–Kier alpha value is -0.650. The SMILES string of the molecule is CC(N)C(=O)O.OCCO. The van der Waals surface area contributed by atoms with Crippen LogP contribution in [0.5, 0.6) is 0 Å². The summed E-state index contributed by atoms with van der Waals surface area (Å²) in [6.45, 7) is 1.17. The summed E-state index contributed by atoms with van der Waals surface area (Å²) in [5.41, 5.74) is 4.84. The van der Waals surface area contributed by atoms with Crippen LogP contribution in [0.25, 0.3) is 0 Å². The van der Waals surface area contributed by atoms with Crippen molar-refractivity contribution in [2.24, 2.45) is 5.73 Å². The van der Waals surface area contributed by atoms with E-state index in [-0.39, 0.29) is 13.2 Å². The maximum Gasteiger partial charge on any atom is 0.320 e. The van der Waals surface area contributed by atoms with Gasteiger partial charge >= 0.3 is 5.97 Å². The molecule has 0 heterocycles. The Kier molecular flexibility index (Phi) is 10.1. The average Bonchev–Trinajstić information content (AvgIpc) is 1.89. The second-order valence-electron chi connectivity index (χ2n) is 1.57. The Bertz CT molecular complexity index is 81.7. The van der Waals surface area contributed by atoms with Crippen molar-refractivity contribution >= 4 is 5.97 Å². The second kappa shape index (κ2) is 8.35. The fourth-order valence-electron chi connectivity index (χ4n) is 0. The summed E-state index contributed by atoms with van der Waals surface area (Å²) >= 11 is 0. The van der Waals surface area contributed by atoms with Crippen LogP contribution >= 0.6 is 0 Å². The van der Waals surface area contributed by atoms with Crippen LogP contribution < -0.4 is 5.73 Å². The van der Waals surface area contributed by atoms with Crippen LogP contribution in [-0.2, 0) is 4.79 Å². The monoisotopic (exact) mass is 151 g/mol. The van der Waals surface area contributed by atoms with Crippen molar-refractivity contribution in [2.75, 3.05) is 13.2 Å². The fraction of sp³-hybridized carbons (Fsp3) is 0.800. The highest BCUT2D eigenvalue weighted by atomic mass is 16.4. The van der Waals surface area contributed by atoms with Crippen LogP contribution in [0.15, 0.2) is 0 Å². The van der Waals surface area contributed by atoms with Crippen LogP contribution in [-0.4, -0.2) is 40.5 Å². The van der Waals surface area contributed by atoms with Crippen LogP contribution in [0.2, 0.25) is 0 Å². The van der Waals surface area contributed by atoms with Gasteiger partial charge in [-0.25, -0.2) is 0 Å². The van der Waals surface area contributed by atoms with E-state index < -0.39 is 12.0 Å². The van der Waals surface area contributed by atoms with E-state index in [1.165, 1.54) is 6.92 Å². The van der Waals surface area contributed by atoms with E-state index in [0.717, 1.165) is 0 Å². The number of aliphatic hydroxyl groups is 2. The van der Waals surface area contributed by atoms with E-state index in [4.69, 9.17) is 21.1 Å².